The number of fused-ring (bicyclic) bond motifs is 11. The molecule has 1 aliphatic rings. The van der Waals surface area contributed by atoms with Gasteiger partial charge in [0.05, 0.1) is 27.6 Å². The molecule has 41 heavy (non-hydrogen) atoms. The summed E-state index contributed by atoms with van der Waals surface area (Å²) >= 11 is 0. The van der Waals surface area contributed by atoms with E-state index in [1.54, 1.807) is 0 Å². The Morgan fingerprint density at radius 3 is 2.24 bits per heavy atom. The number of hydrogen-bond donors (Lipinski definition) is 0. The number of ether oxygens (including phenoxy) is 1. The van der Waals surface area contributed by atoms with E-state index in [0.29, 0.717) is 5.95 Å². The van der Waals surface area contributed by atoms with Crippen molar-refractivity contribution in [3.8, 4) is 28.7 Å². The second-order valence-corrected chi connectivity index (χ2v) is 10.6. The van der Waals surface area contributed by atoms with Crippen LogP contribution in [0.15, 0.2) is 120 Å². The second-order valence-electron chi connectivity index (χ2n) is 10.6. The third-order valence-corrected chi connectivity index (χ3v) is 8.41. The third-order valence-electron chi connectivity index (χ3n) is 8.41. The number of benzene rings is 6. The van der Waals surface area contributed by atoms with Gasteiger partial charge in [-0.1, -0.05) is 60.7 Å². The van der Waals surface area contributed by atoms with E-state index in [2.05, 4.69) is 71.3 Å². The Kier molecular flexibility index (Phi) is 3.87. The fourth-order valence-electron chi connectivity index (χ4n) is 6.66. The molecule has 0 N–H and O–H groups in total. The Hall–Kier alpha value is -5.68. The standard InChI is InChI=1S/C36H19N3O2/c1-4-12-27-24(9-1)32-21-16-17-22-20-8-2-5-13-29(20)41-35(22)23(21)18-19-28(32)39(27)36-37-26-11-7-15-31-33(26)34(38-36)25-10-3-6-14-30(25)40-31/h1-19H. The highest BCUT2D eigenvalue weighted by molar-refractivity contribution is 6.26. The molecular weight excluding hydrogens is 506 g/mol. The van der Waals surface area contributed by atoms with Crippen LogP contribution in [0.1, 0.15) is 0 Å². The van der Waals surface area contributed by atoms with Crippen molar-refractivity contribution in [2.75, 3.05) is 0 Å². The predicted molar refractivity (Wildman–Crippen MR) is 164 cm³/mol. The van der Waals surface area contributed by atoms with E-state index in [1.807, 2.05) is 48.5 Å². The summed E-state index contributed by atoms with van der Waals surface area (Å²) in [6.07, 6.45) is 0. The maximum Gasteiger partial charge on any atom is 0.235 e. The van der Waals surface area contributed by atoms with Crippen LogP contribution in [-0.4, -0.2) is 14.5 Å². The highest BCUT2D eigenvalue weighted by Gasteiger charge is 2.25. The molecule has 190 valence electrons. The smallest absolute Gasteiger partial charge is 0.235 e. The van der Waals surface area contributed by atoms with Crippen LogP contribution in [0.5, 0.6) is 11.5 Å². The molecule has 0 saturated heterocycles. The highest BCUT2D eigenvalue weighted by Crippen LogP contribution is 2.46. The normalized spacial score (nSPS) is 12.6. The van der Waals surface area contributed by atoms with Gasteiger partial charge in [-0.15, -0.1) is 0 Å². The average Bonchev–Trinajstić information content (AvgIpc) is 3.57. The fraction of sp³-hybridized carbons (Fsp3) is 0. The van der Waals surface area contributed by atoms with Crippen LogP contribution in [0.3, 0.4) is 0 Å². The predicted octanol–water partition coefficient (Wildman–Crippen LogP) is 9.55. The summed E-state index contributed by atoms with van der Waals surface area (Å²) in [4.78, 5) is 10.3. The molecule has 9 aromatic rings. The molecule has 0 amide bonds. The molecule has 0 aliphatic carbocycles. The van der Waals surface area contributed by atoms with E-state index < -0.39 is 0 Å². The van der Waals surface area contributed by atoms with Gasteiger partial charge in [-0.2, -0.15) is 0 Å². The average molecular weight is 526 g/mol. The lowest BCUT2D eigenvalue weighted by atomic mass is 10.0. The van der Waals surface area contributed by atoms with Crippen molar-refractivity contribution in [1.82, 2.24) is 14.5 Å². The monoisotopic (exact) mass is 525 g/mol. The first-order valence-corrected chi connectivity index (χ1v) is 13.7. The van der Waals surface area contributed by atoms with Crippen molar-refractivity contribution in [1.29, 1.82) is 0 Å². The molecule has 3 aromatic heterocycles. The first kappa shape index (κ1) is 21.2. The first-order chi connectivity index (χ1) is 20.3. The van der Waals surface area contributed by atoms with Gasteiger partial charge in [0, 0.05) is 32.5 Å². The van der Waals surface area contributed by atoms with E-state index in [0.717, 1.165) is 88.2 Å². The third kappa shape index (κ3) is 2.70. The van der Waals surface area contributed by atoms with Crippen molar-refractivity contribution >= 4 is 65.4 Å². The van der Waals surface area contributed by atoms with Gasteiger partial charge in [0.1, 0.15) is 22.7 Å². The molecule has 4 heterocycles. The van der Waals surface area contributed by atoms with Crippen molar-refractivity contribution in [2.45, 2.75) is 0 Å². The van der Waals surface area contributed by atoms with Gasteiger partial charge in [-0.3, -0.25) is 4.57 Å². The molecule has 0 spiro atoms. The van der Waals surface area contributed by atoms with Gasteiger partial charge in [0.25, 0.3) is 0 Å². The molecule has 0 saturated carbocycles. The molecule has 5 nitrogen and oxygen atoms in total. The van der Waals surface area contributed by atoms with Gasteiger partial charge in [-0.05, 0) is 60.0 Å². The number of aromatic nitrogens is 3. The molecular formula is C36H19N3O2. The largest absolute Gasteiger partial charge is 0.456 e. The van der Waals surface area contributed by atoms with E-state index >= 15 is 0 Å². The summed E-state index contributed by atoms with van der Waals surface area (Å²) in [6, 6.07) is 39.6. The first-order valence-electron chi connectivity index (χ1n) is 13.7. The Labute approximate surface area is 232 Å². The quantitative estimate of drug-likeness (QED) is 0.214. The van der Waals surface area contributed by atoms with Crippen molar-refractivity contribution < 1.29 is 9.15 Å². The van der Waals surface area contributed by atoms with Crippen LogP contribution in [0.2, 0.25) is 0 Å². The molecule has 1 aliphatic heterocycles. The molecule has 0 fully saturated rings. The highest BCUT2D eigenvalue weighted by atomic mass is 16.5. The SMILES string of the molecule is c1ccc2c(c1)Oc1cccc3nc(-n4c5ccccc5c5c6ccc7c8ccccc8oc7c6ccc54)nc-2c13. The van der Waals surface area contributed by atoms with Gasteiger partial charge >= 0.3 is 0 Å². The minimum Gasteiger partial charge on any atom is -0.456 e. The number of furan rings is 1. The minimum atomic E-state index is 0.636. The lowest BCUT2D eigenvalue weighted by Gasteiger charge is -2.20. The van der Waals surface area contributed by atoms with Crippen LogP contribution < -0.4 is 4.74 Å². The maximum absolute atomic E-state index is 6.40. The Balaban J connectivity index is 1.34. The number of rotatable bonds is 1. The van der Waals surface area contributed by atoms with Crippen molar-refractivity contribution in [3.05, 3.63) is 115 Å². The zero-order valence-corrected chi connectivity index (χ0v) is 21.6. The molecule has 6 aromatic carbocycles. The van der Waals surface area contributed by atoms with E-state index in [1.165, 1.54) is 0 Å². The summed E-state index contributed by atoms with van der Waals surface area (Å²) < 4.78 is 14.8. The zero-order valence-electron chi connectivity index (χ0n) is 21.6. The van der Waals surface area contributed by atoms with E-state index in [4.69, 9.17) is 19.1 Å². The molecule has 5 heteroatoms. The van der Waals surface area contributed by atoms with Gasteiger partial charge in [0.15, 0.2) is 0 Å². The zero-order chi connectivity index (χ0) is 26.7. The lowest BCUT2D eigenvalue weighted by molar-refractivity contribution is 0.486. The Morgan fingerprint density at radius 1 is 0.512 bits per heavy atom. The van der Waals surface area contributed by atoms with Gasteiger partial charge in [-0.25, -0.2) is 9.97 Å². The fourth-order valence-corrected chi connectivity index (χ4v) is 6.66. The second kappa shape index (κ2) is 7.49. The summed E-state index contributed by atoms with van der Waals surface area (Å²) in [5, 5.41) is 7.76. The van der Waals surface area contributed by atoms with Gasteiger partial charge < -0.3 is 9.15 Å². The van der Waals surface area contributed by atoms with E-state index in [9.17, 15) is 0 Å². The van der Waals surface area contributed by atoms with Crippen molar-refractivity contribution in [3.63, 3.8) is 0 Å². The van der Waals surface area contributed by atoms with Crippen LogP contribution in [0.4, 0.5) is 0 Å². The van der Waals surface area contributed by atoms with Crippen LogP contribution in [-0.2, 0) is 0 Å². The molecule has 0 atom stereocenters. The van der Waals surface area contributed by atoms with Gasteiger partial charge in [0.2, 0.25) is 5.95 Å². The van der Waals surface area contributed by atoms with Crippen LogP contribution >= 0.6 is 0 Å². The molecule has 0 unspecified atom stereocenters. The summed E-state index contributed by atoms with van der Waals surface area (Å²) in [5.74, 6) is 2.22. The van der Waals surface area contributed by atoms with Crippen molar-refractivity contribution in [2.24, 2.45) is 0 Å². The molecule has 0 radical (unpaired) electrons. The number of para-hydroxylation sites is 3. The van der Waals surface area contributed by atoms with Crippen LogP contribution in [0.25, 0.3) is 82.6 Å². The topological polar surface area (TPSA) is 53.1 Å². The Morgan fingerprint density at radius 2 is 1.27 bits per heavy atom. The Bertz CT molecular complexity index is 2570. The number of hydrogen-bond acceptors (Lipinski definition) is 4. The molecule has 10 rings (SSSR count). The summed E-state index contributed by atoms with van der Waals surface area (Å²) in [7, 11) is 0. The summed E-state index contributed by atoms with van der Waals surface area (Å²) in [5.41, 5.74) is 6.64. The minimum absolute atomic E-state index is 0.636. The van der Waals surface area contributed by atoms with Crippen LogP contribution in [0, 0.1) is 0 Å². The van der Waals surface area contributed by atoms with E-state index in [-0.39, 0.29) is 0 Å². The maximum atomic E-state index is 6.40. The molecule has 0 bridgehead atoms. The summed E-state index contributed by atoms with van der Waals surface area (Å²) in [6.45, 7) is 0. The number of nitrogens with zero attached hydrogens (tertiary/aromatic N) is 3. The lowest BCUT2D eigenvalue weighted by Crippen LogP contribution is -2.06.